The smallest absolute Gasteiger partial charge is 0.182 e. The molecule has 0 atom stereocenters. The number of nitriles is 1. The molecule has 56 valence electrons. The number of aromatic nitrogens is 1. The molecule has 0 aliphatic carbocycles. The van der Waals surface area contributed by atoms with Crippen LogP contribution in [0.25, 0.3) is 0 Å². The number of nitrogens with zero attached hydrogens (tertiary/aromatic N) is 2. The van der Waals surface area contributed by atoms with Crippen LogP contribution in [0.1, 0.15) is 18.2 Å². The van der Waals surface area contributed by atoms with Gasteiger partial charge in [0, 0.05) is 6.20 Å². The van der Waals surface area contributed by atoms with Crippen LogP contribution >= 0.6 is 0 Å². The minimum atomic E-state index is 0.0116. The van der Waals surface area contributed by atoms with Gasteiger partial charge in [0.05, 0.1) is 0 Å². The Morgan fingerprint density at radius 3 is 3.00 bits per heavy atom. The second kappa shape index (κ2) is 3.02. The SMILES string of the molecule is CCc1ccnc(C#N)c1O. The average molecular weight is 148 g/mol. The molecule has 0 amide bonds. The number of pyridine rings is 1. The zero-order valence-corrected chi connectivity index (χ0v) is 6.20. The van der Waals surface area contributed by atoms with Gasteiger partial charge in [-0.05, 0) is 18.1 Å². The molecule has 0 aromatic carbocycles. The standard InChI is InChI=1S/C8H8N2O/c1-2-6-3-4-10-7(5-9)8(6)11/h3-4,11H,2H2,1H3. The average Bonchev–Trinajstić information content (AvgIpc) is 2.05. The molecular weight excluding hydrogens is 140 g/mol. The van der Waals surface area contributed by atoms with Crippen LogP contribution in [0.4, 0.5) is 0 Å². The van der Waals surface area contributed by atoms with Gasteiger partial charge >= 0.3 is 0 Å². The number of aromatic hydroxyl groups is 1. The molecule has 0 bridgehead atoms. The van der Waals surface area contributed by atoms with Gasteiger partial charge in [-0.25, -0.2) is 4.98 Å². The van der Waals surface area contributed by atoms with Gasteiger partial charge in [-0.15, -0.1) is 0 Å². The summed E-state index contributed by atoms with van der Waals surface area (Å²) in [4.78, 5) is 3.69. The van der Waals surface area contributed by atoms with Crippen LogP contribution in [0.3, 0.4) is 0 Å². The molecule has 3 nitrogen and oxygen atoms in total. The van der Waals surface area contributed by atoms with Crippen LogP contribution in [0.5, 0.6) is 5.75 Å². The molecule has 1 rings (SSSR count). The Balaban J connectivity index is 3.23. The van der Waals surface area contributed by atoms with Crippen LogP contribution in [0.15, 0.2) is 12.3 Å². The van der Waals surface area contributed by atoms with Crippen molar-refractivity contribution in [1.82, 2.24) is 4.98 Å². The summed E-state index contributed by atoms with van der Waals surface area (Å²) in [5.74, 6) is 0.0116. The molecule has 0 aliphatic rings. The zero-order chi connectivity index (χ0) is 8.27. The van der Waals surface area contributed by atoms with E-state index in [1.54, 1.807) is 6.07 Å². The summed E-state index contributed by atoms with van der Waals surface area (Å²) >= 11 is 0. The number of hydrogen-bond acceptors (Lipinski definition) is 3. The third-order valence-corrected chi connectivity index (χ3v) is 1.49. The predicted molar refractivity (Wildman–Crippen MR) is 40.0 cm³/mol. The normalized spacial score (nSPS) is 9.09. The molecule has 0 radical (unpaired) electrons. The molecule has 0 fully saturated rings. The molecule has 3 heteroatoms. The van der Waals surface area contributed by atoms with Crippen molar-refractivity contribution >= 4 is 0 Å². The Hall–Kier alpha value is -1.56. The fraction of sp³-hybridized carbons (Fsp3) is 0.250. The lowest BCUT2D eigenvalue weighted by atomic mass is 10.1. The molecule has 1 N–H and O–H groups in total. The zero-order valence-electron chi connectivity index (χ0n) is 6.20. The summed E-state index contributed by atoms with van der Waals surface area (Å²) in [7, 11) is 0. The number of aryl methyl sites for hydroxylation is 1. The minimum Gasteiger partial charge on any atom is -0.505 e. The van der Waals surface area contributed by atoms with Crippen molar-refractivity contribution < 1.29 is 5.11 Å². The Bertz CT molecular complexity index is 301. The lowest BCUT2D eigenvalue weighted by Gasteiger charge is -1.99. The summed E-state index contributed by atoms with van der Waals surface area (Å²) in [6.45, 7) is 1.91. The predicted octanol–water partition coefficient (Wildman–Crippen LogP) is 1.22. The van der Waals surface area contributed by atoms with Crippen LogP contribution in [-0.2, 0) is 6.42 Å². The van der Waals surface area contributed by atoms with Gasteiger partial charge in [0.25, 0.3) is 0 Å². The molecular formula is C8H8N2O. The Labute approximate surface area is 64.9 Å². The monoisotopic (exact) mass is 148 g/mol. The molecule has 11 heavy (non-hydrogen) atoms. The van der Waals surface area contributed by atoms with Gasteiger partial charge in [-0.2, -0.15) is 5.26 Å². The van der Waals surface area contributed by atoms with E-state index in [4.69, 9.17) is 5.26 Å². The summed E-state index contributed by atoms with van der Waals surface area (Å²) in [6.07, 6.45) is 2.24. The van der Waals surface area contributed by atoms with E-state index in [-0.39, 0.29) is 11.4 Å². The lowest BCUT2D eigenvalue weighted by Crippen LogP contribution is -1.88. The molecule has 0 saturated carbocycles. The van der Waals surface area contributed by atoms with E-state index in [1.807, 2.05) is 13.0 Å². The molecule has 0 aliphatic heterocycles. The van der Waals surface area contributed by atoms with Gasteiger partial charge < -0.3 is 5.11 Å². The summed E-state index contributed by atoms with van der Waals surface area (Å²) in [5, 5.41) is 17.8. The van der Waals surface area contributed by atoms with Crippen molar-refractivity contribution in [1.29, 1.82) is 5.26 Å². The van der Waals surface area contributed by atoms with Crippen LogP contribution in [0.2, 0.25) is 0 Å². The first-order chi connectivity index (χ1) is 5.29. The second-order valence-corrected chi connectivity index (χ2v) is 2.13. The molecule has 0 spiro atoms. The van der Waals surface area contributed by atoms with E-state index in [0.29, 0.717) is 6.42 Å². The minimum absolute atomic E-state index is 0.0116. The first kappa shape index (κ1) is 7.55. The van der Waals surface area contributed by atoms with Crippen LogP contribution in [0, 0.1) is 11.3 Å². The Morgan fingerprint density at radius 2 is 2.45 bits per heavy atom. The van der Waals surface area contributed by atoms with Crippen molar-refractivity contribution in [3.63, 3.8) is 0 Å². The third-order valence-electron chi connectivity index (χ3n) is 1.49. The fourth-order valence-corrected chi connectivity index (χ4v) is 0.861. The molecule has 1 aromatic rings. The van der Waals surface area contributed by atoms with E-state index in [1.165, 1.54) is 6.20 Å². The Kier molecular flexibility index (Phi) is 2.07. The van der Waals surface area contributed by atoms with Crippen LogP contribution < -0.4 is 0 Å². The summed E-state index contributed by atoms with van der Waals surface area (Å²) in [5.41, 5.74) is 0.862. The summed E-state index contributed by atoms with van der Waals surface area (Å²) in [6, 6.07) is 3.51. The maximum Gasteiger partial charge on any atom is 0.182 e. The number of hydrogen-bond donors (Lipinski definition) is 1. The van der Waals surface area contributed by atoms with Gasteiger partial charge in [-0.3, -0.25) is 0 Å². The third kappa shape index (κ3) is 1.30. The van der Waals surface area contributed by atoms with Crippen molar-refractivity contribution in [3.8, 4) is 11.8 Å². The number of rotatable bonds is 1. The highest BCUT2D eigenvalue weighted by Crippen LogP contribution is 2.19. The van der Waals surface area contributed by atoms with Crippen molar-refractivity contribution in [2.24, 2.45) is 0 Å². The van der Waals surface area contributed by atoms with Gasteiger partial charge in [0.2, 0.25) is 0 Å². The largest absolute Gasteiger partial charge is 0.505 e. The lowest BCUT2D eigenvalue weighted by molar-refractivity contribution is 0.464. The van der Waals surface area contributed by atoms with Crippen LogP contribution in [-0.4, -0.2) is 10.1 Å². The maximum absolute atomic E-state index is 9.30. The topological polar surface area (TPSA) is 56.9 Å². The maximum atomic E-state index is 9.30. The Morgan fingerprint density at radius 1 is 1.73 bits per heavy atom. The molecule has 1 aromatic heterocycles. The first-order valence-corrected chi connectivity index (χ1v) is 3.36. The summed E-state index contributed by atoms with van der Waals surface area (Å²) < 4.78 is 0. The van der Waals surface area contributed by atoms with E-state index in [9.17, 15) is 5.11 Å². The molecule has 1 heterocycles. The first-order valence-electron chi connectivity index (χ1n) is 3.36. The van der Waals surface area contributed by atoms with Gasteiger partial charge in [0.1, 0.15) is 6.07 Å². The fourth-order valence-electron chi connectivity index (χ4n) is 0.861. The van der Waals surface area contributed by atoms with Crippen molar-refractivity contribution in [2.45, 2.75) is 13.3 Å². The van der Waals surface area contributed by atoms with E-state index >= 15 is 0 Å². The molecule has 0 unspecified atom stereocenters. The second-order valence-electron chi connectivity index (χ2n) is 2.13. The van der Waals surface area contributed by atoms with Crippen molar-refractivity contribution in [3.05, 3.63) is 23.5 Å². The van der Waals surface area contributed by atoms with Gasteiger partial charge in [-0.1, -0.05) is 6.92 Å². The van der Waals surface area contributed by atoms with E-state index in [0.717, 1.165) is 5.56 Å². The van der Waals surface area contributed by atoms with E-state index in [2.05, 4.69) is 4.98 Å². The highest BCUT2D eigenvalue weighted by Gasteiger charge is 2.04. The van der Waals surface area contributed by atoms with Gasteiger partial charge in [0.15, 0.2) is 11.4 Å². The van der Waals surface area contributed by atoms with E-state index < -0.39 is 0 Å². The molecule has 0 saturated heterocycles. The quantitative estimate of drug-likeness (QED) is 0.651. The van der Waals surface area contributed by atoms with Crippen molar-refractivity contribution in [2.75, 3.05) is 0 Å². The highest BCUT2D eigenvalue weighted by molar-refractivity contribution is 5.42. The highest BCUT2D eigenvalue weighted by atomic mass is 16.3.